The average Bonchev–Trinajstić information content (AvgIpc) is 2.27. The molecule has 0 radical (unpaired) electrons. The molecule has 3 heteroatoms. The van der Waals surface area contributed by atoms with Gasteiger partial charge in [-0.25, -0.2) is 0 Å². The van der Waals surface area contributed by atoms with Crippen LogP contribution in [0, 0.1) is 11.8 Å². The van der Waals surface area contributed by atoms with Gasteiger partial charge in [0, 0.05) is 10.7 Å². The minimum Gasteiger partial charge on any atom is -0.263 e. The van der Waals surface area contributed by atoms with Gasteiger partial charge in [0.2, 0.25) is 0 Å². The van der Waals surface area contributed by atoms with Crippen molar-refractivity contribution in [2.24, 2.45) is 5.18 Å². The van der Waals surface area contributed by atoms with E-state index in [1.807, 2.05) is 31.2 Å². The van der Waals surface area contributed by atoms with Crippen LogP contribution in [0.1, 0.15) is 15.9 Å². The van der Waals surface area contributed by atoms with Crippen LogP contribution in [0.4, 0.5) is 0 Å². The molecule has 0 spiro atoms. The summed E-state index contributed by atoms with van der Waals surface area (Å²) in [5.41, 5.74) is 1.50. The molecule has 1 amide bonds. The van der Waals surface area contributed by atoms with Crippen LogP contribution < -0.4 is 0 Å². The van der Waals surface area contributed by atoms with Crippen molar-refractivity contribution >= 4 is 16.7 Å². The van der Waals surface area contributed by atoms with E-state index < -0.39 is 5.91 Å². The highest BCUT2D eigenvalue weighted by molar-refractivity contribution is 5.99. The summed E-state index contributed by atoms with van der Waals surface area (Å²) in [5.74, 6) is -0.725. The first-order chi connectivity index (χ1) is 7.20. The molecule has 0 saturated heterocycles. The Morgan fingerprint density at radius 1 is 1.07 bits per heavy atom. The highest BCUT2D eigenvalue weighted by Gasteiger charge is 2.05. The van der Waals surface area contributed by atoms with Crippen molar-refractivity contribution in [2.75, 3.05) is 0 Å². The number of carbonyl (C=O) groups excluding carboxylic acids is 1. The van der Waals surface area contributed by atoms with Gasteiger partial charge in [-0.05, 0) is 29.8 Å². The Morgan fingerprint density at radius 3 is 2.47 bits per heavy atom. The lowest BCUT2D eigenvalue weighted by Crippen LogP contribution is -1.92. The topological polar surface area (TPSA) is 46.5 Å². The molecule has 2 aromatic carbocycles. The van der Waals surface area contributed by atoms with Crippen molar-refractivity contribution in [3.63, 3.8) is 0 Å². The van der Waals surface area contributed by atoms with Crippen molar-refractivity contribution in [2.45, 2.75) is 6.92 Å². The van der Waals surface area contributed by atoms with Crippen molar-refractivity contribution in [1.29, 1.82) is 0 Å². The van der Waals surface area contributed by atoms with E-state index in [2.05, 4.69) is 5.18 Å². The number of hydrogen-bond donors (Lipinski definition) is 0. The Morgan fingerprint density at radius 2 is 1.73 bits per heavy atom. The molecule has 0 N–H and O–H groups in total. The number of aryl methyl sites for hydroxylation is 1. The molecule has 0 heterocycles. The molecule has 0 bridgehead atoms. The summed E-state index contributed by atoms with van der Waals surface area (Å²) in [6.07, 6.45) is 0. The van der Waals surface area contributed by atoms with Crippen LogP contribution in [-0.4, -0.2) is 5.91 Å². The summed E-state index contributed by atoms with van der Waals surface area (Å²) in [6, 6.07) is 11.0. The number of nitroso groups, excluding NO2 is 1. The van der Waals surface area contributed by atoms with Crippen molar-refractivity contribution in [3.8, 4) is 0 Å². The van der Waals surface area contributed by atoms with Gasteiger partial charge >= 0.3 is 5.91 Å². The molecule has 2 aromatic rings. The van der Waals surface area contributed by atoms with Crippen LogP contribution in [0.3, 0.4) is 0 Å². The average molecular weight is 199 g/mol. The summed E-state index contributed by atoms with van der Waals surface area (Å²) in [6.45, 7) is 2.01. The van der Waals surface area contributed by atoms with Crippen LogP contribution in [0.2, 0.25) is 0 Å². The predicted octanol–water partition coefficient (Wildman–Crippen LogP) is 3.05. The Labute approximate surface area is 86.7 Å². The van der Waals surface area contributed by atoms with Gasteiger partial charge in [-0.1, -0.05) is 29.8 Å². The van der Waals surface area contributed by atoms with E-state index in [9.17, 15) is 9.70 Å². The minimum absolute atomic E-state index is 0.335. The molecule has 15 heavy (non-hydrogen) atoms. The highest BCUT2D eigenvalue weighted by atomic mass is 16.3. The van der Waals surface area contributed by atoms with Gasteiger partial charge in [-0.3, -0.25) is 4.79 Å². The number of amides is 1. The molecule has 0 aliphatic rings. The fourth-order valence-corrected chi connectivity index (χ4v) is 1.55. The SMILES string of the molecule is Cc1ccc2cc(C(=O)N=O)ccc2c1. The number of rotatable bonds is 1. The highest BCUT2D eigenvalue weighted by Crippen LogP contribution is 2.18. The maximum Gasteiger partial charge on any atom is 0.316 e. The van der Waals surface area contributed by atoms with E-state index in [4.69, 9.17) is 0 Å². The molecule has 0 fully saturated rings. The molecule has 3 nitrogen and oxygen atoms in total. The molecule has 0 aliphatic carbocycles. The zero-order valence-electron chi connectivity index (χ0n) is 8.23. The molecule has 0 saturated carbocycles. The smallest absolute Gasteiger partial charge is 0.263 e. The van der Waals surface area contributed by atoms with Crippen LogP contribution in [0.25, 0.3) is 10.8 Å². The molecule has 74 valence electrons. The summed E-state index contributed by atoms with van der Waals surface area (Å²) in [4.78, 5) is 21.1. The van der Waals surface area contributed by atoms with E-state index in [0.717, 1.165) is 16.3 Å². The zero-order chi connectivity index (χ0) is 10.8. The van der Waals surface area contributed by atoms with Gasteiger partial charge in [0.15, 0.2) is 0 Å². The van der Waals surface area contributed by atoms with E-state index in [0.29, 0.717) is 5.56 Å². The summed E-state index contributed by atoms with van der Waals surface area (Å²) in [7, 11) is 0. The number of nitrogens with zero attached hydrogens (tertiary/aromatic N) is 1. The van der Waals surface area contributed by atoms with E-state index in [1.165, 1.54) is 0 Å². The Hall–Kier alpha value is -2.03. The number of fused-ring (bicyclic) bond motifs is 1. The van der Waals surface area contributed by atoms with Crippen molar-refractivity contribution in [1.82, 2.24) is 0 Å². The molecular formula is C12H9NO2. The lowest BCUT2D eigenvalue weighted by Gasteiger charge is -2.00. The van der Waals surface area contributed by atoms with Crippen LogP contribution in [0.5, 0.6) is 0 Å². The number of hydrogen-bond acceptors (Lipinski definition) is 2. The standard InChI is InChI=1S/C12H9NO2/c1-8-2-3-10-7-11(12(14)13-15)5-4-9(10)6-8/h2-7H,1H3. The van der Waals surface area contributed by atoms with E-state index in [-0.39, 0.29) is 0 Å². The second-order valence-electron chi connectivity index (χ2n) is 3.46. The monoisotopic (exact) mass is 199 g/mol. The molecule has 2 rings (SSSR count). The Balaban J connectivity index is 2.61. The second-order valence-corrected chi connectivity index (χ2v) is 3.46. The van der Waals surface area contributed by atoms with Crippen LogP contribution >= 0.6 is 0 Å². The fourth-order valence-electron chi connectivity index (χ4n) is 1.55. The summed E-state index contributed by atoms with van der Waals surface area (Å²) < 4.78 is 0. The van der Waals surface area contributed by atoms with Gasteiger partial charge < -0.3 is 0 Å². The fraction of sp³-hybridized carbons (Fsp3) is 0.0833. The van der Waals surface area contributed by atoms with Gasteiger partial charge in [-0.2, -0.15) is 0 Å². The first-order valence-corrected chi connectivity index (χ1v) is 4.59. The Bertz CT molecular complexity index is 546. The van der Waals surface area contributed by atoms with Crippen LogP contribution in [0.15, 0.2) is 41.6 Å². The quantitative estimate of drug-likeness (QED) is 0.662. The summed E-state index contributed by atoms with van der Waals surface area (Å²) >= 11 is 0. The lowest BCUT2D eigenvalue weighted by atomic mass is 10.0. The van der Waals surface area contributed by atoms with Gasteiger partial charge in [-0.15, -0.1) is 4.91 Å². The third-order valence-electron chi connectivity index (χ3n) is 2.33. The normalized spacial score (nSPS) is 10.2. The molecule has 0 atom stereocenters. The van der Waals surface area contributed by atoms with Crippen molar-refractivity contribution < 1.29 is 4.79 Å². The Kier molecular flexibility index (Phi) is 2.29. The maximum atomic E-state index is 11.0. The zero-order valence-corrected chi connectivity index (χ0v) is 8.23. The first kappa shape index (κ1) is 9.52. The lowest BCUT2D eigenvalue weighted by molar-refractivity contribution is 0.100. The van der Waals surface area contributed by atoms with Crippen LogP contribution in [-0.2, 0) is 0 Å². The largest absolute Gasteiger partial charge is 0.316 e. The van der Waals surface area contributed by atoms with Gasteiger partial charge in [0.05, 0.1) is 0 Å². The third kappa shape index (κ3) is 1.76. The molecule has 0 unspecified atom stereocenters. The van der Waals surface area contributed by atoms with Gasteiger partial charge in [0.25, 0.3) is 0 Å². The third-order valence-corrected chi connectivity index (χ3v) is 2.33. The molecule has 0 aromatic heterocycles. The molecular weight excluding hydrogens is 190 g/mol. The van der Waals surface area contributed by atoms with E-state index in [1.54, 1.807) is 12.1 Å². The maximum absolute atomic E-state index is 11.0. The second kappa shape index (κ2) is 3.61. The summed E-state index contributed by atoms with van der Waals surface area (Å²) in [5, 5.41) is 4.39. The van der Waals surface area contributed by atoms with Crippen molar-refractivity contribution in [3.05, 3.63) is 52.4 Å². The minimum atomic E-state index is -0.725. The van der Waals surface area contributed by atoms with Gasteiger partial charge in [0.1, 0.15) is 0 Å². The first-order valence-electron chi connectivity index (χ1n) is 4.59. The number of carbonyl (C=O) groups is 1. The molecule has 0 aliphatic heterocycles. The number of benzene rings is 2. The van der Waals surface area contributed by atoms with E-state index >= 15 is 0 Å². The predicted molar refractivity (Wildman–Crippen MR) is 58.8 cm³/mol.